The van der Waals surface area contributed by atoms with E-state index in [1.54, 1.807) is 4.90 Å². The molecule has 1 fully saturated rings. The van der Waals surface area contributed by atoms with Gasteiger partial charge in [-0.05, 0) is 68.1 Å². The fourth-order valence-electron chi connectivity index (χ4n) is 5.05. The van der Waals surface area contributed by atoms with Crippen molar-refractivity contribution in [2.24, 2.45) is 0 Å². The summed E-state index contributed by atoms with van der Waals surface area (Å²) >= 11 is 6.42. The molecule has 37 heavy (non-hydrogen) atoms. The summed E-state index contributed by atoms with van der Waals surface area (Å²) in [5.74, 6) is -0.0152. The minimum absolute atomic E-state index is 0.0152. The molecule has 0 unspecified atom stereocenters. The Balaban J connectivity index is 1.49. The lowest BCUT2D eigenvalue weighted by Crippen LogP contribution is -2.48. The highest BCUT2D eigenvalue weighted by Gasteiger charge is 2.28. The zero-order valence-electron chi connectivity index (χ0n) is 21.8. The van der Waals surface area contributed by atoms with E-state index >= 15 is 0 Å². The molecule has 7 heteroatoms. The van der Waals surface area contributed by atoms with Crippen LogP contribution >= 0.6 is 11.6 Å². The van der Waals surface area contributed by atoms with E-state index in [9.17, 15) is 9.59 Å². The molecule has 3 amide bonds. The Labute approximate surface area is 225 Å². The molecule has 1 heterocycles. The number of benzene rings is 2. The highest BCUT2D eigenvalue weighted by molar-refractivity contribution is 6.31. The lowest BCUT2D eigenvalue weighted by Gasteiger charge is -2.36. The number of amides is 3. The minimum Gasteiger partial charge on any atom is -0.345 e. The van der Waals surface area contributed by atoms with Crippen LogP contribution in [0, 0.1) is 6.92 Å². The number of nitrogens with zero attached hydrogens (tertiary/aromatic N) is 3. The maximum Gasteiger partial charge on any atom is 0.322 e. The van der Waals surface area contributed by atoms with E-state index in [0.717, 1.165) is 53.2 Å². The Hall–Kier alpha value is -3.25. The number of likely N-dealkylation sites (N-methyl/N-ethyl adjacent to an activating group) is 1. The van der Waals surface area contributed by atoms with Gasteiger partial charge in [-0.15, -0.1) is 0 Å². The van der Waals surface area contributed by atoms with Crippen LogP contribution in [0.25, 0.3) is 0 Å². The van der Waals surface area contributed by atoms with Gasteiger partial charge in [0.05, 0.1) is 6.54 Å². The molecule has 1 aromatic heterocycles. The normalized spacial score (nSPS) is 13.8. The van der Waals surface area contributed by atoms with Crippen LogP contribution in [0.15, 0.2) is 66.9 Å². The van der Waals surface area contributed by atoms with Gasteiger partial charge in [0.25, 0.3) is 0 Å². The Kier molecular flexibility index (Phi) is 9.29. The number of rotatable bonds is 9. The molecule has 6 nitrogen and oxygen atoms in total. The maximum atomic E-state index is 13.7. The van der Waals surface area contributed by atoms with Crippen LogP contribution in [0.5, 0.6) is 0 Å². The second kappa shape index (κ2) is 12.8. The van der Waals surface area contributed by atoms with Gasteiger partial charge in [-0.3, -0.25) is 4.79 Å². The van der Waals surface area contributed by atoms with Crippen LogP contribution in [0.4, 0.5) is 10.5 Å². The highest BCUT2D eigenvalue weighted by Crippen LogP contribution is 2.25. The Bertz CT molecular complexity index is 1200. The van der Waals surface area contributed by atoms with Crippen molar-refractivity contribution in [3.8, 4) is 0 Å². The van der Waals surface area contributed by atoms with Gasteiger partial charge in [0.2, 0.25) is 5.91 Å². The molecule has 0 aliphatic heterocycles. The third-order valence-electron chi connectivity index (χ3n) is 7.15. The lowest BCUT2D eigenvalue weighted by atomic mass is 9.94. The molecule has 3 aromatic rings. The van der Waals surface area contributed by atoms with Crippen molar-refractivity contribution < 1.29 is 9.59 Å². The number of carbonyl (C=O) groups is 2. The molecule has 1 saturated carbocycles. The Morgan fingerprint density at radius 3 is 2.54 bits per heavy atom. The molecule has 0 spiro atoms. The molecule has 1 N–H and O–H groups in total. The van der Waals surface area contributed by atoms with E-state index in [2.05, 4.69) is 16.0 Å². The number of aryl methyl sites for hydroxylation is 1. The monoisotopic (exact) mass is 520 g/mol. The Morgan fingerprint density at radius 2 is 1.81 bits per heavy atom. The number of urea groups is 1. The van der Waals surface area contributed by atoms with E-state index in [1.807, 2.05) is 79.5 Å². The summed E-state index contributed by atoms with van der Waals surface area (Å²) in [6, 6.07) is 19.6. The second-order valence-electron chi connectivity index (χ2n) is 9.85. The largest absolute Gasteiger partial charge is 0.345 e. The first-order chi connectivity index (χ1) is 17.9. The molecule has 1 aliphatic carbocycles. The molecule has 0 atom stereocenters. The predicted molar refractivity (Wildman–Crippen MR) is 150 cm³/mol. The fourth-order valence-corrected chi connectivity index (χ4v) is 5.25. The molecule has 1 aliphatic rings. The van der Waals surface area contributed by atoms with Crippen LogP contribution < -0.4 is 5.32 Å². The van der Waals surface area contributed by atoms with Gasteiger partial charge in [-0.2, -0.15) is 0 Å². The number of nitrogens with one attached hydrogen (secondary N) is 1. The number of carbonyl (C=O) groups excluding carboxylic acids is 2. The number of halogens is 1. The quantitative estimate of drug-likeness (QED) is 0.340. The maximum absolute atomic E-state index is 13.7. The van der Waals surface area contributed by atoms with Crippen LogP contribution in [-0.2, 0) is 17.9 Å². The number of aromatic nitrogens is 1. The molecular formula is C30H37ClN4O2. The number of hydrogen-bond donors (Lipinski definition) is 1. The lowest BCUT2D eigenvalue weighted by molar-refractivity contribution is -0.135. The average Bonchev–Trinajstić information content (AvgIpc) is 3.34. The molecule has 2 aromatic carbocycles. The SMILES string of the molecule is CCN(CC(=O)N(Cc1cccn1Cc1ccccc1Cl)C1CCCCC1)C(=O)Nc1cccc(C)c1. The molecular weight excluding hydrogens is 484 g/mol. The topological polar surface area (TPSA) is 57.6 Å². The average molecular weight is 521 g/mol. The smallest absolute Gasteiger partial charge is 0.322 e. The second-order valence-corrected chi connectivity index (χ2v) is 10.3. The van der Waals surface area contributed by atoms with Crippen molar-refractivity contribution in [3.63, 3.8) is 0 Å². The van der Waals surface area contributed by atoms with E-state index in [-0.39, 0.29) is 24.5 Å². The van der Waals surface area contributed by atoms with Crippen LogP contribution in [0.3, 0.4) is 0 Å². The third kappa shape index (κ3) is 7.16. The predicted octanol–water partition coefficient (Wildman–Crippen LogP) is 6.71. The first-order valence-electron chi connectivity index (χ1n) is 13.2. The molecule has 0 saturated heterocycles. The van der Waals surface area contributed by atoms with Gasteiger partial charge in [0.1, 0.15) is 6.54 Å². The number of anilines is 1. The van der Waals surface area contributed by atoms with Gasteiger partial charge in [0.15, 0.2) is 0 Å². The van der Waals surface area contributed by atoms with Crippen LogP contribution in [0.1, 0.15) is 55.8 Å². The van der Waals surface area contributed by atoms with Gasteiger partial charge in [-0.25, -0.2) is 4.79 Å². The first-order valence-corrected chi connectivity index (χ1v) is 13.6. The summed E-state index contributed by atoms with van der Waals surface area (Å²) in [5.41, 5.74) is 3.91. The standard InChI is InChI=1S/C30H37ClN4O2/c1-3-33(30(37)32-25-13-9-11-23(2)19-25)22-29(36)35(26-14-5-4-6-15-26)21-27-16-10-18-34(27)20-24-12-7-8-17-28(24)31/h7-13,16-19,26H,3-6,14-15,20-22H2,1-2H3,(H,32,37). The highest BCUT2D eigenvalue weighted by atomic mass is 35.5. The fraction of sp³-hybridized carbons (Fsp3) is 0.400. The summed E-state index contributed by atoms with van der Waals surface area (Å²) in [5, 5.41) is 3.68. The zero-order chi connectivity index (χ0) is 26.2. The summed E-state index contributed by atoms with van der Waals surface area (Å²) < 4.78 is 2.16. The van der Waals surface area contributed by atoms with Crippen molar-refractivity contribution in [1.29, 1.82) is 0 Å². The van der Waals surface area contributed by atoms with E-state index < -0.39 is 0 Å². The minimum atomic E-state index is -0.257. The molecule has 196 valence electrons. The summed E-state index contributed by atoms with van der Waals surface area (Å²) in [4.78, 5) is 30.4. The van der Waals surface area contributed by atoms with Crippen LogP contribution in [-0.4, -0.2) is 45.4 Å². The summed E-state index contributed by atoms with van der Waals surface area (Å²) in [6.45, 7) is 5.55. The summed E-state index contributed by atoms with van der Waals surface area (Å²) in [6.07, 6.45) is 7.50. The van der Waals surface area contributed by atoms with Gasteiger partial charge < -0.3 is 19.7 Å². The van der Waals surface area contributed by atoms with Crippen molar-refractivity contribution >= 4 is 29.2 Å². The summed E-state index contributed by atoms with van der Waals surface area (Å²) in [7, 11) is 0. The van der Waals surface area contributed by atoms with Gasteiger partial charge in [-0.1, -0.05) is 61.2 Å². The van der Waals surface area contributed by atoms with Gasteiger partial charge in [0, 0.05) is 41.7 Å². The Morgan fingerprint density at radius 1 is 1.03 bits per heavy atom. The van der Waals surface area contributed by atoms with E-state index in [1.165, 1.54) is 6.42 Å². The molecule has 0 bridgehead atoms. The molecule has 0 radical (unpaired) electrons. The van der Waals surface area contributed by atoms with E-state index in [0.29, 0.717) is 19.6 Å². The zero-order valence-corrected chi connectivity index (χ0v) is 22.6. The van der Waals surface area contributed by atoms with Crippen molar-refractivity contribution in [2.45, 2.75) is 65.1 Å². The van der Waals surface area contributed by atoms with Crippen molar-refractivity contribution in [1.82, 2.24) is 14.4 Å². The van der Waals surface area contributed by atoms with E-state index in [4.69, 9.17) is 11.6 Å². The first kappa shape index (κ1) is 26.8. The van der Waals surface area contributed by atoms with Crippen molar-refractivity contribution in [3.05, 3.63) is 88.7 Å². The third-order valence-corrected chi connectivity index (χ3v) is 7.52. The van der Waals surface area contributed by atoms with Crippen molar-refractivity contribution in [2.75, 3.05) is 18.4 Å². The van der Waals surface area contributed by atoms with Gasteiger partial charge >= 0.3 is 6.03 Å². The number of hydrogen-bond acceptors (Lipinski definition) is 2. The molecule has 4 rings (SSSR count). The van der Waals surface area contributed by atoms with Crippen LogP contribution in [0.2, 0.25) is 5.02 Å².